The molecule has 16 heavy (non-hydrogen) atoms. The fraction of sp³-hybridized carbons (Fsp3) is 0.100. The third-order valence-corrected chi connectivity index (χ3v) is 2.79. The van der Waals surface area contributed by atoms with E-state index >= 15 is 0 Å². The summed E-state index contributed by atoms with van der Waals surface area (Å²) in [5, 5.41) is 6.25. The van der Waals surface area contributed by atoms with Gasteiger partial charge in [-0.2, -0.15) is 18.3 Å². The Bertz CT molecular complexity index is 491. The molecular weight excluding hydrogens is 285 g/mol. The van der Waals surface area contributed by atoms with Crippen molar-refractivity contribution in [2.24, 2.45) is 0 Å². The molecule has 0 saturated carbocycles. The Kier molecular flexibility index (Phi) is 2.75. The second kappa shape index (κ2) is 3.93. The van der Waals surface area contributed by atoms with Gasteiger partial charge in [0.2, 0.25) is 0 Å². The summed E-state index contributed by atoms with van der Waals surface area (Å²) in [4.78, 5) is 0. The van der Waals surface area contributed by atoms with Crippen molar-refractivity contribution in [1.82, 2.24) is 10.2 Å². The van der Waals surface area contributed by atoms with Crippen LogP contribution in [-0.4, -0.2) is 10.2 Å². The van der Waals surface area contributed by atoms with Crippen molar-refractivity contribution in [1.29, 1.82) is 0 Å². The van der Waals surface area contributed by atoms with Crippen LogP contribution in [0, 0.1) is 0 Å². The number of hydrogen-bond donors (Lipinski definition) is 1. The van der Waals surface area contributed by atoms with Crippen molar-refractivity contribution in [3.05, 3.63) is 40.6 Å². The summed E-state index contributed by atoms with van der Waals surface area (Å²) >= 11 is 2.89. The molecule has 1 N–H and O–H groups in total. The molecule has 1 heterocycles. The highest BCUT2D eigenvalue weighted by Crippen LogP contribution is 2.37. The monoisotopic (exact) mass is 290 g/mol. The lowest BCUT2D eigenvalue weighted by Gasteiger charge is -2.10. The van der Waals surface area contributed by atoms with E-state index < -0.39 is 11.7 Å². The smallest absolute Gasteiger partial charge is 0.285 e. The van der Waals surface area contributed by atoms with Crippen LogP contribution in [0.1, 0.15) is 5.56 Å². The second-order valence-electron chi connectivity index (χ2n) is 3.18. The predicted octanol–water partition coefficient (Wildman–Crippen LogP) is 3.86. The van der Waals surface area contributed by atoms with E-state index in [0.29, 0.717) is 11.1 Å². The summed E-state index contributed by atoms with van der Waals surface area (Å²) in [6.07, 6.45) is -1.34. The van der Waals surface area contributed by atoms with Gasteiger partial charge in [-0.15, -0.1) is 0 Å². The molecular formula is C10H6BrF3N2. The average Bonchev–Trinajstić information content (AvgIpc) is 2.69. The molecule has 0 spiro atoms. The van der Waals surface area contributed by atoms with Crippen molar-refractivity contribution in [2.45, 2.75) is 6.18 Å². The molecule has 0 amide bonds. The van der Waals surface area contributed by atoms with Gasteiger partial charge in [-0.25, -0.2) is 0 Å². The van der Waals surface area contributed by atoms with Crippen LogP contribution in [0.15, 0.2) is 35.1 Å². The van der Waals surface area contributed by atoms with Gasteiger partial charge in [-0.3, -0.25) is 5.10 Å². The van der Waals surface area contributed by atoms with Gasteiger partial charge in [0, 0.05) is 16.2 Å². The summed E-state index contributed by atoms with van der Waals surface area (Å²) in [6.45, 7) is 0. The van der Waals surface area contributed by atoms with Crippen LogP contribution in [0.25, 0.3) is 11.1 Å². The maximum absolute atomic E-state index is 12.6. The lowest BCUT2D eigenvalue weighted by molar-refractivity contribution is -0.138. The van der Waals surface area contributed by atoms with Gasteiger partial charge >= 0.3 is 6.18 Å². The number of nitrogens with one attached hydrogen (secondary N) is 1. The molecule has 0 fully saturated rings. The molecule has 0 saturated heterocycles. The maximum atomic E-state index is 12.6. The van der Waals surface area contributed by atoms with Gasteiger partial charge in [-0.1, -0.05) is 22.0 Å². The number of halogens is 4. The Morgan fingerprint density at radius 1 is 1.19 bits per heavy atom. The number of H-pyrrole nitrogens is 1. The Labute approximate surface area is 97.6 Å². The normalized spacial score (nSPS) is 11.8. The molecule has 0 aliphatic heterocycles. The minimum absolute atomic E-state index is 0.0345. The number of aromatic nitrogens is 2. The van der Waals surface area contributed by atoms with E-state index in [2.05, 4.69) is 26.1 Å². The Morgan fingerprint density at radius 3 is 2.50 bits per heavy atom. The fourth-order valence-corrected chi connectivity index (χ4v) is 1.80. The minimum Gasteiger partial charge on any atom is -0.285 e. The number of rotatable bonds is 1. The molecule has 0 bridgehead atoms. The molecule has 84 valence electrons. The molecule has 0 aliphatic carbocycles. The van der Waals surface area contributed by atoms with Crippen molar-refractivity contribution in [3.8, 4) is 11.1 Å². The third kappa shape index (κ3) is 2.11. The van der Waals surface area contributed by atoms with E-state index in [1.165, 1.54) is 12.3 Å². The molecule has 1 aromatic carbocycles. The molecule has 1 aromatic heterocycles. The standard InChI is InChI=1S/C10H6BrF3N2/c11-9-2-1-6(7-4-15-16-5-7)3-8(9)10(12,13)14/h1-5H,(H,15,16). The van der Waals surface area contributed by atoms with Gasteiger partial charge in [0.25, 0.3) is 0 Å². The maximum Gasteiger partial charge on any atom is 0.417 e. The molecule has 0 atom stereocenters. The Morgan fingerprint density at radius 2 is 1.94 bits per heavy atom. The zero-order valence-corrected chi connectivity index (χ0v) is 9.43. The van der Waals surface area contributed by atoms with Gasteiger partial charge in [0.1, 0.15) is 0 Å². The summed E-state index contributed by atoms with van der Waals surface area (Å²) in [5.74, 6) is 0. The van der Waals surface area contributed by atoms with Crippen LogP contribution >= 0.6 is 15.9 Å². The number of nitrogens with zero attached hydrogens (tertiary/aromatic N) is 1. The van der Waals surface area contributed by atoms with Crippen molar-refractivity contribution in [3.63, 3.8) is 0 Å². The SMILES string of the molecule is FC(F)(F)c1cc(-c2cn[nH]c2)ccc1Br. The van der Waals surface area contributed by atoms with E-state index in [9.17, 15) is 13.2 Å². The zero-order chi connectivity index (χ0) is 11.8. The number of alkyl halides is 3. The van der Waals surface area contributed by atoms with E-state index in [1.54, 1.807) is 12.3 Å². The summed E-state index contributed by atoms with van der Waals surface area (Å²) in [5.41, 5.74) is 0.411. The third-order valence-electron chi connectivity index (χ3n) is 2.10. The summed E-state index contributed by atoms with van der Waals surface area (Å²) < 4.78 is 37.9. The van der Waals surface area contributed by atoms with Crippen LogP contribution in [0.2, 0.25) is 0 Å². The van der Waals surface area contributed by atoms with E-state index in [0.717, 1.165) is 6.07 Å². The summed E-state index contributed by atoms with van der Waals surface area (Å²) in [7, 11) is 0. The first-order chi connectivity index (χ1) is 7.48. The predicted molar refractivity (Wildman–Crippen MR) is 56.7 cm³/mol. The van der Waals surface area contributed by atoms with Crippen LogP contribution in [0.3, 0.4) is 0 Å². The first-order valence-electron chi connectivity index (χ1n) is 4.34. The Hall–Kier alpha value is -1.30. The second-order valence-corrected chi connectivity index (χ2v) is 4.03. The van der Waals surface area contributed by atoms with E-state index in [1.807, 2.05) is 0 Å². The largest absolute Gasteiger partial charge is 0.417 e. The van der Waals surface area contributed by atoms with E-state index in [-0.39, 0.29) is 4.47 Å². The molecule has 6 heteroatoms. The molecule has 2 rings (SSSR count). The molecule has 0 aliphatic rings. The topological polar surface area (TPSA) is 28.7 Å². The first-order valence-corrected chi connectivity index (χ1v) is 5.13. The van der Waals surface area contributed by atoms with Crippen LogP contribution in [0.4, 0.5) is 13.2 Å². The number of benzene rings is 1. The quantitative estimate of drug-likeness (QED) is 0.849. The fourth-order valence-electron chi connectivity index (χ4n) is 1.33. The first kappa shape index (κ1) is 11.2. The highest BCUT2D eigenvalue weighted by molar-refractivity contribution is 9.10. The lowest BCUT2D eigenvalue weighted by atomic mass is 10.1. The Balaban J connectivity index is 2.52. The average molecular weight is 291 g/mol. The van der Waals surface area contributed by atoms with Crippen LogP contribution in [0.5, 0.6) is 0 Å². The van der Waals surface area contributed by atoms with Crippen molar-refractivity contribution < 1.29 is 13.2 Å². The van der Waals surface area contributed by atoms with Crippen molar-refractivity contribution in [2.75, 3.05) is 0 Å². The highest BCUT2D eigenvalue weighted by Gasteiger charge is 2.33. The van der Waals surface area contributed by atoms with E-state index in [4.69, 9.17) is 0 Å². The van der Waals surface area contributed by atoms with Crippen LogP contribution in [-0.2, 0) is 6.18 Å². The summed E-state index contributed by atoms with van der Waals surface area (Å²) in [6, 6.07) is 4.07. The van der Waals surface area contributed by atoms with Crippen molar-refractivity contribution >= 4 is 15.9 Å². The lowest BCUT2D eigenvalue weighted by Crippen LogP contribution is -2.05. The molecule has 0 unspecified atom stereocenters. The van der Waals surface area contributed by atoms with Gasteiger partial charge in [0.15, 0.2) is 0 Å². The molecule has 0 radical (unpaired) electrons. The molecule has 2 nitrogen and oxygen atoms in total. The van der Waals surface area contributed by atoms with Gasteiger partial charge in [-0.05, 0) is 17.7 Å². The zero-order valence-electron chi connectivity index (χ0n) is 7.85. The number of aromatic amines is 1. The molecule has 2 aromatic rings. The van der Waals surface area contributed by atoms with Gasteiger partial charge < -0.3 is 0 Å². The highest BCUT2D eigenvalue weighted by atomic mass is 79.9. The van der Waals surface area contributed by atoms with Gasteiger partial charge in [0.05, 0.1) is 11.8 Å². The van der Waals surface area contributed by atoms with Crippen LogP contribution < -0.4 is 0 Å². The number of hydrogen-bond acceptors (Lipinski definition) is 1. The minimum atomic E-state index is -4.36.